The first kappa shape index (κ1) is 17.3. The number of fused-ring (bicyclic) bond motifs is 1. The number of piperazine rings is 1. The van der Waals surface area contributed by atoms with Crippen LogP contribution in [0, 0.1) is 6.92 Å². The summed E-state index contributed by atoms with van der Waals surface area (Å²) in [7, 11) is -3.53. The van der Waals surface area contributed by atoms with Crippen LogP contribution in [0.15, 0.2) is 35.4 Å². The van der Waals surface area contributed by atoms with Crippen molar-refractivity contribution in [3.63, 3.8) is 0 Å². The summed E-state index contributed by atoms with van der Waals surface area (Å²) in [5.74, 6) is 0. The van der Waals surface area contributed by atoms with Gasteiger partial charge in [-0.3, -0.25) is 4.98 Å². The summed E-state index contributed by atoms with van der Waals surface area (Å²) in [5.41, 5.74) is 1.71. The monoisotopic (exact) mass is 348 g/mol. The lowest BCUT2D eigenvalue weighted by atomic mass is 10.1. The van der Waals surface area contributed by atoms with Gasteiger partial charge < -0.3 is 10.2 Å². The SMILES string of the molecule is Cc1ccc(S(=O)(=O)NCCCN2CCNCC2)c2cccnc12. The second-order valence-corrected chi connectivity index (χ2v) is 7.86. The zero-order chi connectivity index (χ0) is 17.0. The van der Waals surface area contributed by atoms with Crippen LogP contribution in [-0.2, 0) is 10.0 Å². The van der Waals surface area contributed by atoms with Gasteiger partial charge in [-0.2, -0.15) is 0 Å². The predicted molar refractivity (Wildman–Crippen MR) is 95.6 cm³/mol. The van der Waals surface area contributed by atoms with Crippen LogP contribution in [0.5, 0.6) is 0 Å². The molecule has 0 unspecified atom stereocenters. The molecular formula is C17H24N4O2S. The molecule has 0 spiro atoms. The van der Waals surface area contributed by atoms with Gasteiger partial charge in [-0.05, 0) is 43.7 Å². The van der Waals surface area contributed by atoms with Gasteiger partial charge in [0.05, 0.1) is 10.4 Å². The molecule has 0 radical (unpaired) electrons. The van der Waals surface area contributed by atoms with Crippen molar-refractivity contribution in [1.82, 2.24) is 19.9 Å². The molecule has 1 saturated heterocycles. The molecule has 0 amide bonds. The van der Waals surface area contributed by atoms with E-state index in [1.807, 2.05) is 19.1 Å². The first-order valence-corrected chi connectivity index (χ1v) is 9.83. The van der Waals surface area contributed by atoms with E-state index in [1.165, 1.54) is 0 Å². The fourth-order valence-electron chi connectivity index (χ4n) is 3.04. The number of nitrogens with one attached hydrogen (secondary N) is 2. The van der Waals surface area contributed by atoms with Crippen LogP contribution in [0.1, 0.15) is 12.0 Å². The van der Waals surface area contributed by atoms with Crippen molar-refractivity contribution in [3.8, 4) is 0 Å². The minimum Gasteiger partial charge on any atom is -0.314 e. The van der Waals surface area contributed by atoms with Gasteiger partial charge >= 0.3 is 0 Å². The molecular weight excluding hydrogens is 324 g/mol. The Labute approximate surface area is 143 Å². The third-order valence-corrected chi connectivity index (χ3v) is 5.89. The van der Waals surface area contributed by atoms with Crippen LogP contribution in [-0.4, -0.2) is 57.6 Å². The lowest BCUT2D eigenvalue weighted by Crippen LogP contribution is -2.44. The highest BCUT2D eigenvalue weighted by Gasteiger charge is 2.18. The van der Waals surface area contributed by atoms with E-state index in [9.17, 15) is 8.42 Å². The summed E-state index contributed by atoms with van der Waals surface area (Å²) in [6.07, 6.45) is 2.49. The average Bonchev–Trinajstić information content (AvgIpc) is 2.60. The summed E-state index contributed by atoms with van der Waals surface area (Å²) in [5, 5.41) is 3.99. The lowest BCUT2D eigenvalue weighted by molar-refractivity contribution is 0.239. The molecule has 2 N–H and O–H groups in total. The molecule has 1 aliphatic heterocycles. The number of aryl methyl sites for hydroxylation is 1. The molecule has 6 nitrogen and oxygen atoms in total. The maximum absolute atomic E-state index is 12.6. The van der Waals surface area contributed by atoms with Crippen LogP contribution in [0.4, 0.5) is 0 Å². The lowest BCUT2D eigenvalue weighted by Gasteiger charge is -2.27. The van der Waals surface area contributed by atoms with Crippen molar-refractivity contribution in [2.24, 2.45) is 0 Å². The Hall–Kier alpha value is -1.54. The average molecular weight is 348 g/mol. The highest BCUT2D eigenvalue weighted by Crippen LogP contribution is 2.23. The van der Waals surface area contributed by atoms with Gasteiger partial charge in [0.1, 0.15) is 0 Å². The number of hydrogen-bond donors (Lipinski definition) is 2. The minimum atomic E-state index is -3.53. The summed E-state index contributed by atoms with van der Waals surface area (Å²) in [6.45, 7) is 7.37. The van der Waals surface area contributed by atoms with Crippen LogP contribution in [0.3, 0.4) is 0 Å². The van der Waals surface area contributed by atoms with Gasteiger partial charge in [0.15, 0.2) is 0 Å². The zero-order valence-corrected chi connectivity index (χ0v) is 14.8. The highest BCUT2D eigenvalue weighted by atomic mass is 32.2. The largest absolute Gasteiger partial charge is 0.314 e. The second kappa shape index (κ2) is 7.57. The van der Waals surface area contributed by atoms with Crippen molar-refractivity contribution in [2.45, 2.75) is 18.2 Å². The third kappa shape index (κ3) is 3.92. The molecule has 2 aromatic rings. The van der Waals surface area contributed by atoms with Crippen LogP contribution < -0.4 is 10.0 Å². The van der Waals surface area contributed by atoms with Crippen molar-refractivity contribution >= 4 is 20.9 Å². The Morgan fingerprint density at radius 2 is 2.04 bits per heavy atom. The van der Waals surface area contributed by atoms with Crippen molar-refractivity contribution in [1.29, 1.82) is 0 Å². The third-order valence-electron chi connectivity index (χ3n) is 4.37. The molecule has 1 aromatic heterocycles. The molecule has 7 heteroatoms. The molecule has 0 atom stereocenters. The van der Waals surface area contributed by atoms with Gasteiger partial charge in [-0.15, -0.1) is 0 Å². The molecule has 24 heavy (non-hydrogen) atoms. The molecule has 1 aromatic carbocycles. The smallest absolute Gasteiger partial charge is 0.241 e. The van der Waals surface area contributed by atoms with E-state index in [4.69, 9.17) is 0 Å². The molecule has 2 heterocycles. The number of rotatable bonds is 6. The molecule has 1 fully saturated rings. The summed E-state index contributed by atoms with van der Waals surface area (Å²) in [6, 6.07) is 7.05. The van der Waals surface area contributed by atoms with Gasteiger partial charge in [0.2, 0.25) is 10.0 Å². The van der Waals surface area contributed by atoms with Crippen molar-refractivity contribution in [2.75, 3.05) is 39.3 Å². The van der Waals surface area contributed by atoms with E-state index in [2.05, 4.69) is 19.9 Å². The Balaban J connectivity index is 1.66. The Morgan fingerprint density at radius 3 is 2.83 bits per heavy atom. The van der Waals surface area contributed by atoms with Gasteiger partial charge in [0, 0.05) is 44.3 Å². The van der Waals surface area contributed by atoms with E-state index in [1.54, 1.807) is 18.3 Å². The number of hydrogen-bond acceptors (Lipinski definition) is 5. The van der Waals surface area contributed by atoms with E-state index in [-0.39, 0.29) is 0 Å². The maximum Gasteiger partial charge on any atom is 0.241 e. The van der Waals surface area contributed by atoms with Gasteiger partial charge in [-0.25, -0.2) is 13.1 Å². The maximum atomic E-state index is 12.6. The molecule has 0 bridgehead atoms. The fourth-order valence-corrected chi connectivity index (χ4v) is 4.31. The van der Waals surface area contributed by atoms with E-state index >= 15 is 0 Å². The molecule has 0 aliphatic carbocycles. The summed E-state index contributed by atoms with van der Waals surface area (Å²) < 4.78 is 28.0. The minimum absolute atomic E-state index is 0.304. The highest BCUT2D eigenvalue weighted by molar-refractivity contribution is 7.89. The van der Waals surface area contributed by atoms with E-state index in [0.29, 0.717) is 16.8 Å². The molecule has 0 saturated carbocycles. The van der Waals surface area contributed by atoms with Gasteiger partial charge in [0.25, 0.3) is 0 Å². The number of aromatic nitrogens is 1. The zero-order valence-electron chi connectivity index (χ0n) is 14.0. The number of nitrogens with zero attached hydrogens (tertiary/aromatic N) is 2. The summed E-state index contributed by atoms with van der Waals surface area (Å²) >= 11 is 0. The number of pyridine rings is 1. The van der Waals surface area contributed by atoms with Crippen LogP contribution >= 0.6 is 0 Å². The van der Waals surface area contributed by atoms with Gasteiger partial charge in [-0.1, -0.05) is 6.07 Å². The fraction of sp³-hybridized carbons (Fsp3) is 0.471. The normalized spacial score (nSPS) is 16.5. The Kier molecular flexibility index (Phi) is 5.45. The van der Waals surface area contributed by atoms with Crippen molar-refractivity contribution < 1.29 is 8.42 Å². The molecule has 3 rings (SSSR count). The van der Waals surface area contributed by atoms with E-state index < -0.39 is 10.0 Å². The van der Waals surface area contributed by atoms with Crippen LogP contribution in [0.2, 0.25) is 0 Å². The Bertz CT molecular complexity index is 801. The number of sulfonamides is 1. The quantitative estimate of drug-likeness (QED) is 0.765. The van der Waals surface area contributed by atoms with Crippen molar-refractivity contribution in [3.05, 3.63) is 36.0 Å². The standard InChI is InChI=1S/C17H24N4O2S/c1-14-5-6-16(15-4-2-7-19-17(14)15)24(22,23)20-8-3-11-21-12-9-18-10-13-21/h2,4-7,18,20H,3,8-13H2,1H3. The van der Waals surface area contributed by atoms with E-state index in [0.717, 1.165) is 50.2 Å². The van der Waals surface area contributed by atoms with Crippen LogP contribution in [0.25, 0.3) is 10.9 Å². The first-order chi connectivity index (χ1) is 11.6. The number of benzene rings is 1. The molecule has 130 valence electrons. The topological polar surface area (TPSA) is 74.3 Å². The molecule has 1 aliphatic rings. The Morgan fingerprint density at radius 1 is 1.25 bits per heavy atom. The summed E-state index contributed by atoms with van der Waals surface area (Å²) in [4.78, 5) is 6.97. The first-order valence-electron chi connectivity index (χ1n) is 8.35. The second-order valence-electron chi connectivity index (χ2n) is 6.12. The predicted octanol–water partition coefficient (Wildman–Crippen LogP) is 1.12.